The highest BCUT2D eigenvalue weighted by Gasteiger charge is 2.26. The Labute approximate surface area is 181 Å². The molecule has 4 heterocycles. The van der Waals surface area contributed by atoms with Crippen molar-refractivity contribution in [3.63, 3.8) is 0 Å². The summed E-state index contributed by atoms with van der Waals surface area (Å²) in [5.41, 5.74) is 3.41. The molecule has 4 aromatic rings. The fraction of sp³-hybridized carbons (Fsp3) is 0.292. The minimum Gasteiger partial charge on any atom is -0.335 e. The quantitative estimate of drug-likeness (QED) is 0.504. The van der Waals surface area contributed by atoms with Gasteiger partial charge in [-0.1, -0.05) is 36.4 Å². The average Bonchev–Trinajstić information content (AvgIpc) is 3.41. The molecule has 1 aliphatic rings. The molecule has 0 N–H and O–H groups in total. The summed E-state index contributed by atoms with van der Waals surface area (Å²) >= 11 is 0. The molecule has 1 fully saturated rings. The highest BCUT2D eigenvalue weighted by atomic mass is 16.2. The Kier molecular flexibility index (Phi) is 5.26. The number of aryl methyl sites for hydroxylation is 1. The minimum atomic E-state index is 0.0665. The SMILES string of the molecule is Cc1nc2ccccn2c1C(=O)N1CCN(CCn2ccnc2-c2ccccc2)CC1. The molecule has 7 nitrogen and oxygen atoms in total. The number of aromatic nitrogens is 4. The van der Waals surface area contributed by atoms with Gasteiger partial charge in [-0.05, 0) is 19.1 Å². The summed E-state index contributed by atoms with van der Waals surface area (Å²) in [5, 5.41) is 0. The van der Waals surface area contributed by atoms with E-state index >= 15 is 0 Å². The number of carbonyl (C=O) groups excluding carboxylic acids is 1. The van der Waals surface area contributed by atoms with Gasteiger partial charge in [-0.25, -0.2) is 9.97 Å². The molecule has 0 unspecified atom stereocenters. The summed E-state index contributed by atoms with van der Waals surface area (Å²) in [7, 11) is 0. The number of hydrogen-bond donors (Lipinski definition) is 0. The van der Waals surface area contributed by atoms with Crippen LogP contribution in [0.4, 0.5) is 0 Å². The van der Waals surface area contributed by atoms with Crippen molar-refractivity contribution in [2.75, 3.05) is 32.7 Å². The molecule has 158 valence electrons. The van der Waals surface area contributed by atoms with Crippen molar-refractivity contribution in [3.8, 4) is 11.4 Å². The fourth-order valence-corrected chi connectivity index (χ4v) is 4.28. The van der Waals surface area contributed by atoms with Crippen LogP contribution in [-0.4, -0.2) is 67.4 Å². The van der Waals surface area contributed by atoms with Crippen molar-refractivity contribution in [3.05, 3.63) is 78.5 Å². The summed E-state index contributed by atoms with van der Waals surface area (Å²) in [6.07, 6.45) is 5.81. The first-order chi connectivity index (χ1) is 15.2. The molecule has 0 aliphatic carbocycles. The van der Waals surface area contributed by atoms with Crippen LogP contribution in [-0.2, 0) is 6.54 Å². The van der Waals surface area contributed by atoms with Gasteiger partial charge < -0.3 is 9.47 Å². The molecule has 1 aromatic carbocycles. The van der Waals surface area contributed by atoms with E-state index in [0.717, 1.165) is 62.0 Å². The summed E-state index contributed by atoms with van der Waals surface area (Å²) < 4.78 is 4.10. The van der Waals surface area contributed by atoms with Crippen molar-refractivity contribution in [1.29, 1.82) is 0 Å². The highest BCUT2D eigenvalue weighted by molar-refractivity contribution is 5.94. The zero-order chi connectivity index (χ0) is 21.2. The molecule has 0 saturated carbocycles. The molecule has 3 aromatic heterocycles. The van der Waals surface area contributed by atoms with E-state index in [2.05, 4.69) is 31.6 Å². The Hall–Kier alpha value is -3.45. The van der Waals surface area contributed by atoms with Crippen molar-refractivity contribution in [1.82, 2.24) is 28.7 Å². The summed E-state index contributed by atoms with van der Waals surface area (Å²) in [4.78, 5) is 26.6. The van der Waals surface area contributed by atoms with Gasteiger partial charge in [0.1, 0.15) is 17.2 Å². The third-order valence-electron chi connectivity index (χ3n) is 5.97. The van der Waals surface area contributed by atoms with Crippen LogP contribution in [0.25, 0.3) is 17.0 Å². The van der Waals surface area contributed by atoms with Gasteiger partial charge in [0.05, 0.1) is 5.69 Å². The van der Waals surface area contributed by atoms with E-state index in [1.807, 2.05) is 71.2 Å². The number of amides is 1. The largest absolute Gasteiger partial charge is 0.335 e. The lowest BCUT2D eigenvalue weighted by Crippen LogP contribution is -2.49. The van der Waals surface area contributed by atoms with Gasteiger partial charge in [0.25, 0.3) is 5.91 Å². The van der Waals surface area contributed by atoms with E-state index in [9.17, 15) is 4.79 Å². The van der Waals surface area contributed by atoms with Crippen LogP contribution in [0, 0.1) is 6.92 Å². The Morgan fingerprint density at radius 2 is 1.71 bits per heavy atom. The Morgan fingerprint density at radius 3 is 2.52 bits per heavy atom. The number of piperazine rings is 1. The monoisotopic (exact) mass is 414 g/mol. The van der Waals surface area contributed by atoms with Crippen molar-refractivity contribution < 1.29 is 4.79 Å². The zero-order valence-corrected chi connectivity index (χ0v) is 17.7. The van der Waals surface area contributed by atoms with Gasteiger partial charge >= 0.3 is 0 Å². The summed E-state index contributed by atoms with van der Waals surface area (Å²) in [6, 6.07) is 16.1. The van der Waals surface area contributed by atoms with E-state index in [-0.39, 0.29) is 5.91 Å². The molecule has 31 heavy (non-hydrogen) atoms. The first-order valence-electron chi connectivity index (χ1n) is 10.7. The van der Waals surface area contributed by atoms with Gasteiger partial charge in [-0.3, -0.25) is 14.1 Å². The van der Waals surface area contributed by atoms with Crippen molar-refractivity contribution >= 4 is 11.6 Å². The van der Waals surface area contributed by atoms with Crippen LogP contribution in [0.5, 0.6) is 0 Å². The lowest BCUT2D eigenvalue weighted by atomic mass is 10.2. The molecule has 0 spiro atoms. The molecule has 1 amide bonds. The molecule has 5 rings (SSSR count). The van der Waals surface area contributed by atoms with Gasteiger partial charge in [0.2, 0.25) is 0 Å². The maximum absolute atomic E-state index is 13.2. The van der Waals surface area contributed by atoms with Crippen LogP contribution < -0.4 is 0 Å². The number of imidazole rings is 2. The molecule has 0 radical (unpaired) electrons. The van der Waals surface area contributed by atoms with Gasteiger partial charge in [0, 0.05) is 63.4 Å². The molecule has 0 atom stereocenters. The van der Waals surface area contributed by atoms with Crippen LogP contribution in [0.1, 0.15) is 16.2 Å². The highest BCUT2D eigenvalue weighted by Crippen LogP contribution is 2.18. The Morgan fingerprint density at radius 1 is 0.935 bits per heavy atom. The standard InChI is InChI=1S/C24H26N6O/c1-19-22(30-11-6-5-9-21(30)26-19)24(31)29-17-14-27(15-18-29)13-16-28-12-10-25-23(28)20-7-3-2-4-8-20/h2-12H,13-18H2,1H3. The van der Waals surface area contributed by atoms with E-state index in [1.54, 1.807) is 0 Å². The van der Waals surface area contributed by atoms with Gasteiger partial charge in [-0.2, -0.15) is 0 Å². The maximum atomic E-state index is 13.2. The fourth-order valence-electron chi connectivity index (χ4n) is 4.28. The molecule has 1 aliphatic heterocycles. The molecular formula is C24H26N6O. The third kappa shape index (κ3) is 3.84. The summed E-state index contributed by atoms with van der Waals surface area (Å²) in [6.45, 7) is 6.93. The second-order valence-corrected chi connectivity index (χ2v) is 7.92. The minimum absolute atomic E-state index is 0.0665. The van der Waals surface area contributed by atoms with Crippen molar-refractivity contribution in [2.45, 2.75) is 13.5 Å². The number of carbonyl (C=O) groups is 1. The van der Waals surface area contributed by atoms with E-state index < -0.39 is 0 Å². The second kappa shape index (κ2) is 8.35. The normalized spacial score (nSPS) is 14.9. The average molecular weight is 415 g/mol. The first-order valence-corrected chi connectivity index (χ1v) is 10.7. The number of nitrogens with zero attached hydrogens (tertiary/aromatic N) is 6. The van der Waals surface area contributed by atoms with Crippen LogP contribution in [0.2, 0.25) is 0 Å². The molecule has 0 bridgehead atoms. The number of rotatable bonds is 5. The molecule has 7 heteroatoms. The van der Waals surface area contributed by atoms with E-state index in [1.165, 1.54) is 0 Å². The third-order valence-corrected chi connectivity index (χ3v) is 5.97. The lowest BCUT2D eigenvalue weighted by molar-refractivity contribution is 0.0626. The number of pyridine rings is 1. The predicted molar refractivity (Wildman–Crippen MR) is 120 cm³/mol. The van der Waals surface area contributed by atoms with Crippen LogP contribution >= 0.6 is 0 Å². The molecular weight excluding hydrogens is 388 g/mol. The first kappa shape index (κ1) is 19.5. The molecule has 1 saturated heterocycles. The van der Waals surface area contributed by atoms with E-state index in [0.29, 0.717) is 5.69 Å². The Bertz CT molecular complexity index is 1190. The topological polar surface area (TPSA) is 58.7 Å². The second-order valence-electron chi connectivity index (χ2n) is 7.92. The van der Waals surface area contributed by atoms with Crippen LogP contribution in [0.15, 0.2) is 67.1 Å². The lowest BCUT2D eigenvalue weighted by Gasteiger charge is -2.34. The summed E-state index contributed by atoms with van der Waals surface area (Å²) in [5.74, 6) is 1.06. The Balaban J connectivity index is 1.20. The van der Waals surface area contributed by atoms with Crippen LogP contribution in [0.3, 0.4) is 0 Å². The maximum Gasteiger partial charge on any atom is 0.272 e. The van der Waals surface area contributed by atoms with Crippen molar-refractivity contribution in [2.24, 2.45) is 0 Å². The van der Waals surface area contributed by atoms with Gasteiger partial charge in [-0.15, -0.1) is 0 Å². The number of hydrogen-bond acceptors (Lipinski definition) is 4. The van der Waals surface area contributed by atoms with Gasteiger partial charge in [0.15, 0.2) is 0 Å². The van der Waals surface area contributed by atoms with E-state index in [4.69, 9.17) is 0 Å². The smallest absolute Gasteiger partial charge is 0.272 e. The zero-order valence-electron chi connectivity index (χ0n) is 17.7. The predicted octanol–water partition coefficient (Wildman–Crippen LogP) is 2.96. The number of benzene rings is 1. The number of fused-ring (bicyclic) bond motifs is 1.